The second-order valence-corrected chi connectivity index (χ2v) is 2.90. The fourth-order valence-corrected chi connectivity index (χ4v) is 1.06. The van der Waals surface area contributed by atoms with Gasteiger partial charge in [-0.25, -0.2) is 14.5 Å². The van der Waals surface area contributed by atoms with E-state index in [0.717, 1.165) is 0 Å². The van der Waals surface area contributed by atoms with Gasteiger partial charge in [0.25, 0.3) is 0 Å². The summed E-state index contributed by atoms with van der Waals surface area (Å²) in [6.07, 6.45) is 2.75. The zero-order valence-corrected chi connectivity index (χ0v) is 7.01. The first-order chi connectivity index (χ1) is 5.63. The molecule has 0 saturated carbocycles. The van der Waals surface area contributed by atoms with Gasteiger partial charge in [0.2, 0.25) is 0 Å². The summed E-state index contributed by atoms with van der Waals surface area (Å²) in [6.45, 7) is 3.67. The summed E-state index contributed by atoms with van der Waals surface area (Å²) in [5.74, 6) is -0.875. The number of hydrogen-bond donors (Lipinski definition) is 1. The van der Waals surface area contributed by atoms with E-state index < -0.39 is 12.0 Å². The first kappa shape index (κ1) is 8.70. The van der Waals surface area contributed by atoms with Crippen molar-refractivity contribution in [2.45, 2.75) is 19.9 Å². The second-order valence-electron chi connectivity index (χ2n) is 2.90. The third-order valence-corrected chi connectivity index (χ3v) is 1.61. The molecule has 0 radical (unpaired) electrons. The Hall–Kier alpha value is -1.39. The smallest absolute Gasteiger partial charge is 0.328 e. The molecule has 0 aromatic carbocycles. The lowest BCUT2D eigenvalue weighted by molar-refractivity contribution is -0.142. The Morgan fingerprint density at radius 2 is 2.25 bits per heavy atom. The predicted molar refractivity (Wildman–Crippen MR) is 41.5 cm³/mol. The van der Waals surface area contributed by atoms with E-state index in [0.29, 0.717) is 0 Å². The van der Waals surface area contributed by atoms with E-state index in [-0.39, 0.29) is 5.92 Å². The fraction of sp³-hybridized carbons (Fsp3) is 0.571. The molecule has 5 heteroatoms. The molecule has 0 saturated heterocycles. The van der Waals surface area contributed by atoms with Crippen LogP contribution in [-0.4, -0.2) is 25.8 Å². The molecule has 0 spiro atoms. The van der Waals surface area contributed by atoms with E-state index in [4.69, 9.17) is 5.11 Å². The molecule has 1 aromatic heterocycles. The highest BCUT2D eigenvalue weighted by atomic mass is 16.4. The number of aromatic nitrogens is 3. The van der Waals surface area contributed by atoms with Crippen molar-refractivity contribution in [3.63, 3.8) is 0 Å². The van der Waals surface area contributed by atoms with Crippen LogP contribution in [0.1, 0.15) is 19.9 Å². The van der Waals surface area contributed by atoms with Crippen LogP contribution >= 0.6 is 0 Å². The Labute approximate surface area is 70.0 Å². The Bertz CT molecular complexity index is 256. The Balaban J connectivity index is 2.88. The zero-order valence-electron chi connectivity index (χ0n) is 7.01. The summed E-state index contributed by atoms with van der Waals surface area (Å²) in [5, 5.41) is 12.6. The lowest BCUT2D eigenvalue weighted by Crippen LogP contribution is -2.24. The lowest BCUT2D eigenvalue weighted by Gasteiger charge is -2.15. The number of carbonyl (C=O) groups is 1. The van der Waals surface area contributed by atoms with Gasteiger partial charge in [0.05, 0.1) is 0 Å². The molecule has 0 aliphatic heterocycles. The Morgan fingerprint density at radius 1 is 1.58 bits per heavy atom. The molecule has 12 heavy (non-hydrogen) atoms. The van der Waals surface area contributed by atoms with Gasteiger partial charge in [0, 0.05) is 0 Å². The van der Waals surface area contributed by atoms with E-state index in [1.165, 1.54) is 17.3 Å². The van der Waals surface area contributed by atoms with Crippen molar-refractivity contribution < 1.29 is 9.90 Å². The minimum Gasteiger partial charge on any atom is -0.480 e. The van der Waals surface area contributed by atoms with E-state index >= 15 is 0 Å². The van der Waals surface area contributed by atoms with E-state index in [1.54, 1.807) is 0 Å². The van der Waals surface area contributed by atoms with Gasteiger partial charge in [0.1, 0.15) is 12.7 Å². The van der Waals surface area contributed by atoms with Crippen molar-refractivity contribution in [1.29, 1.82) is 0 Å². The zero-order chi connectivity index (χ0) is 9.14. The van der Waals surface area contributed by atoms with Crippen molar-refractivity contribution >= 4 is 5.97 Å². The molecule has 1 N–H and O–H groups in total. The van der Waals surface area contributed by atoms with Gasteiger partial charge in [-0.15, -0.1) is 0 Å². The molecule has 0 aliphatic rings. The van der Waals surface area contributed by atoms with Crippen LogP contribution in [-0.2, 0) is 4.79 Å². The van der Waals surface area contributed by atoms with Gasteiger partial charge in [-0.05, 0) is 5.92 Å². The topological polar surface area (TPSA) is 68.0 Å². The van der Waals surface area contributed by atoms with Crippen molar-refractivity contribution in [3.8, 4) is 0 Å². The molecule has 1 aromatic rings. The first-order valence-corrected chi connectivity index (χ1v) is 3.70. The molecular formula is C7H11N3O2. The number of nitrogens with zero attached hydrogens (tertiary/aromatic N) is 3. The number of hydrogen-bond acceptors (Lipinski definition) is 3. The molecule has 1 heterocycles. The van der Waals surface area contributed by atoms with Crippen LogP contribution in [0.2, 0.25) is 0 Å². The largest absolute Gasteiger partial charge is 0.480 e. The molecule has 66 valence electrons. The molecular weight excluding hydrogens is 158 g/mol. The molecule has 1 unspecified atom stereocenters. The first-order valence-electron chi connectivity index (χ1n) is 3.70. The third-order valence-electron chi connectivity index (χ3n) is 1.61. The second kappa shape index (κ2) is 3.34. The van der Waals surface area contributed by atoms with E-state index in [9.17, 15) is 4.79 Å². The highest BCUT2D eigenvalue weighted by molar-refractivity contribution is 5.71. The molecule has 1 atom stereocenters. The fourth-order valence-electron chi connectivity index (χ4n) is 1.06. The number of carboxylic acid groups (broad SMARTS) is 1. The van der Waals surface area contributed by atoms with Crippen LogP contribution in [0.5, 0.6) is 0 Å². The highest BCUT2D eigenvalue weighted by Crippen LogP contribution is 2.15. The maximum absolute atomic E-state index is 10.8. The van der Waals surface area contributed by atoms with Crippen LogP contribution in [0.25, 0.3) is 0 Å². The molecule has 0 fully saturated rings. The normalized spacial score (nSPS) is 13.2. The van der Waals surface area contributed by atoms with Gasteiger partial charge in [0.15, 0.2) is 6.04 Å². The summed E-state index contributed by atoms with van der Waals surface area (Å²) in [6, 6.07) is -0.618. The van der Waals surface area contributed by atoms with Crippen molar-refractivity contribution in [2.24, 2.45) is 5.92 Å². The van der Waals surface area contributed by atoms with Crippen LogP contribution in [0.15, 0.2) is 12.7 Å². The summed E-state index contributed by atoms with van der Waals surface area (Å²) in [5.41, 5.74) is 0. The standard InChI is InChI=1S/C7H11N3O2/c1-5(2)6(7(11)12)10-4-8-3-9-10/h3-6H,1-2H3,(H,11,12). The molecule has 0 bridgehead atoms. The number of aliphatic carboxylic acids is 1. The monoisotopic (exact) mass is 169 g/mol. The van der Waals surface area contributed by atoms with Gasteiger partial charge in [-0.1, -0.05) is 13.8 Å². The van der Waals surface area contributed by atoms with Crippen LogP contribution in [0.4, 0.5) is 0 Å². The highest BCUT2D eigenvalue weighted by Gasteiger charge is 2.23. The van der Waals surface area contributed by atoms with Crippen molar-refractivity contribution in [3.05, 3.63) is 12.7 Å². The number of carboxylic acids is 1. The SMILES string of the molecule is CC(C)C(C(=O)O)n1cncn1. The van der Waals surface area contributed by atoms with Gasteiger partial charge >= 0.3 is 5.97 Å². The summed E-state index contributed by atoms with van der Waals surface area (Å²) < 4.78 is 1.35. The third kappa shape index (κ3) is 1.61. The number of rotatable bonds is 3. The maximum atomic E-state index is 10.8. The van der Waals surface area contributed by atoms with Crippen molar-refractivity contribution in [2.75, 3.05) is 0 Å². The van der Waals surface area contributed by atoms with Gasteiger partial charge < -0.3 is 5.11 Å². The minimum atomic E-state index is -0.879. The quantitative estimate of drug-likeness (QED) is 0.717. The Kier molecular flexibility index (Phi) is 2.42. The molecule has 0 amide bonds. The molecule has 5 nitrogen and oxygen atoms in total. The van der Waals surface area contributed by atoms with Crippen molar-refractivity contribution in [1.82, 2.24) is 14.8 Å². The van der Waals surface area contributed by atoms with Crippen LogP contribution in [0, 0.1) is 5.92 Å². The average molecular weight is 169 g/mol. The minimum absolute atomic E-state index is 0.00389. The summed E-state index contributed by atoms with van der Waals surface area (Å²) in [7, 11) is 0. The van der Waals surface area contributed by atoms with Crippen LogP contribution in [0.3, 0.4) is 0 Å². The lowest BCUT2D eigenvalue weighted by atomic mass is 10.1. The Morgan fingerprint density at radius 3 is 2.58 bits per heavy atom. The summed E-state index contributed by atoms with van der Waals surface area (Å²) >= 11 is 0. The molecule has 0 aliphatic carbocycles. The van der Waals surface area contributed by atoms with E-state index in [1.807, 2.05) is 13.8 Å². The predicted octanol–water partition coefficient (Wildman–Crippen LogP) is 0.560. The van der Waals surface area contributed by atoms with Gasteiger partial charge in [-0.2, -0.15) is 5.10 Å². The van der Waals surface area contributed by atoms with Gasteiger partial charge in [-0.3, -0.25) is 0 Å². The molecule has 1 rings (SSSR count). The maximum Gasteiger partial charge on any atom is 0.328 e. The summed E-state index contributed by atoms with van der Waals surface area (Å²) in [4.78, 5) is 14.4. The van der Waals surface area contributed by atoms with Crippen LogP contribution < -0.4 is 0 Å². The van der Waals surface area contributed by atoms with E-state index in [2.05, 4.69) is 10.1 Å². The average Bonchev–Trinajstić information content (AvgIpc) is 2.37.